The van der Waals surface area contributed by atoms with Crippen LogP contribution in [0.5, 0.6) is 0 Å². The molecule has 2 unspecified atom stereocenters. The summed E-state index contributed by atoms with van der Waals surface area (Å²) in [5.41, 5.74) is 0. The van der Waals surface area contributed by atoms with Crippen molar-refractivity contribution in [2.75, 3.05) is 19.6 Å². The lowest BCUT2D eigenvalue weighted by Crippen LogP contribution is -2.51. The van der Waals surface area contributed by atoms with Crippen LogP contribution in [-0.4, -0.2) is 51.2 Å². The van der Waals surface area contributed by atoms with Gasteiger partial charge in [-0.25, -0.2) is 0 Å². The Morgan fingerprint density at radius 2 is 2.25 bits per heavy atom. The number of hydrogen-bond acceptors (Lipinski definition) is 4. The molecule has 1 N–H and O–H groups in total. The third-order valence-corrected chi connectivity index (χ3v) is 4.45. The number of aromatic nitrogens is 3. The van der Waals surface area contributed by atoms with Gasteiger partial charge in [0.2, 0.25) is 5.91 Å². The summed E-state index contributed by atoms with van der Waals surface area (Å²) in [7, 11) is 1.97. The Balaban J connectivity index is 1.65. The van der Waals surface area contributed by atoms with E-state index in [4.69, 9.17) is 0 Å². The number of nitrogens with zero attached hydrogens (tertiary/aromatic N) is 4. The van der Waals surface area contributed by atoms with E-state index in [1.165, 1.54) is 6.42 Å². The first kappa shape index (κ1) is 13.5. The first-order valence-electron chi connectivity index (χ1n) is 7.62. The number of amides is 1. The van der Waals surface area contributed by atoms with E-state index in [9.17, 15) is 4.79 Å². The van der Waals surface area contributed by atoms with Gasteiger partial charge in [-0.3, -0.25) is 4.79 Å². The molecular formula is C14H23N5O. The Kier molecular flexibility index (Phi) is 4.00. The first-order chi connectivity index (χ1) is 9.75. The molecular weight excluding hydrogens is 254 g/mol. The fraction of sp³-hybridized carbons (Fsp3) is 0.786. The number of likely N-dealkylation sites (tertiary alicyclic amines) is 1. The Morgan fingerprint density at radius 1 is 1.35 bits per heavy atom. The predicted octanol–water partition coefficient (Wildman–Crippen LogP) is 0.663. The van der Waals surface area contributed by atoms with Crippen molar-refractivity contribution in [1.29, 1.82) is 0 Å². The van der Waals surface area contributed by atoms with Gasteiger partial charge in [0, 0.05) is 26.1 Å². The highest BCUT2D eigenvalue weighted by atomic mass is 16.2. The molecule has 2 aliphatic rings. The van der Waals surface area contributed by atoms with Crippen molar-refractivity contribution >= 4 is 5.91 Å². The van der Waals surface area contributed by atoms with E-state index in [1.807, 2.05) is 16.5 Å². The Bertz CT molecular complexity index is 466. The summed E-state index contributed by atoms with van der Waals surface area (Å²) in [4.78, 5) is 14.6. The zero-order chi connectivity index (χ0) is 13.9. The average molecular weight is 277 g/mol. The molecule has 1 amide bonds. The predicted molar refractivity (Wildman–Crippen MR) is 75.2 cm³/mol. The molecule has 0 radical (unpaired) electrons. The van der Waals surface area contributed by atoms with Crippen LogP contribution in [0.4, 0.5) is 0 Å². The molecule has 0 spiro atoms. The maximum Gasteiger partial charge on any atom is 0.239 e. The zero-order valence-corrected chi connectivity index (χ0v) is 12.1. The summed E-state index contributed by atoms with van der Waals surface area (Å²) in [6.07, 6.45) is 7.20. The molecule has 3 heterocycles. The van der Waals surface area contributed by atoms with Crippen molar-refractivity contribution in [1.82, 2.24) is 25.0 Å². The van der Waals surface area contributed by atoms with Gasteiger partial charge in [0.1, 0.15) is 12.2 Å². The number of carbonyl (C=O) groups excluding carboxylic acids is 1. The van der Waals surface area contributed by atoms with E-state index in [1.54, 1.807) is 6.33 Å². The van der Waals surface area contributed by atoms with E-state index < -0.39 is 0 Å². The van der Waals surface area contributed by atoms with Crippen molar-refractivity contribution in [3.8, 4) is 0 Å². The molecule has 2 aliphatic heterocycles. The van der Waals surface area contributed by atoms with Gasteiger partial charge in [0.05, 0.1) is 6.04 Å². The summed E-state index contributed by atoms with van der Waals surface area (Å²) in [6, 6.07) is 0.0296. The van der Waals surface area contributed by atoms with Crippen LogP contribution in [-0.2, 0) is 11.8 Å². The Labute approximate surface area is 119 Å². The van der Waals surface area contributed by atoms with Gasteiger partial charge >= 0.3 is 0 Å². The topological polar surface area (TPSA) is 63.1 Å². The first-order valence-corrected chi connectivity index (χ1v) is 7.62. The molecule has 110 valence electrons. The molecule has 6 nitrogen and oxygen atoms in total. The fourth-order valence-electron chi connectivity index (χ4n) is 3.33. The Morgan fingerprint density at radius 3 is 2.95 bits per heavy atom. The van der Waals surface area contributed by atoms with Crippen LogP contribution in [0.1, 0.15) is 43.8 Å². The lowest BCUT2D eigenvalue weighted by Gasteiger charge is -2.35. The van der Waals surface area contributed by atoms with Crippen molar-refractivity contribution in [3.63, 3.8) is 0 Å². The summed E-state index contributed by atoms with van der Waals surface area (Å²) in [6.45, 7) is 2.63. The van der Waals surface area contributed by atoms with Crippen LogP contribution in [0.15, 0.2) is 6.33 Å². The molecule has 0 aliphatic carbocycles. The van der Waals surface area contributed by atoms with Crippen LogP contribution in [0.25, 0.3) is 0 Å². The van der Waals surface area contributed by atoms with Crippen molar-refractivity contribution < 1.29 is 4.79 Å². The second-order valence-electron chi connectivity index (χ2n) is 5.93. The maximum absolute atomic E-state index is 12.6. The van der Waals surface area contributed by atoms with Crippen LogP contribution in [0.3, 0.4) is 0 Å². The molecule has 1 aromatic heterocycles. The molecule has 2 saturated heterocycles. The lowest BCUT2D eigenvalue weighted by molar-refractivity contribution is -0.135. The van der Waals surface area contributed by atoms with Gasteiger partial charge in [-0.1, -0.05) is 6.42 Å². The largest absolute Gasteiger partial charge is 0.341 e. The summed E-state index contributed by atoms with van der Waals surface area (Å²) >= 11 is 0. The number of hydrogen-bond donors (Lipinski definition) is 1. The number of piperidine rings is 2. The van der Waals surface area contributed by atoms with Crippen molar-refractivity contribution in [3.05, 3.63) is 12.2 Å². The van der Waals surface area contributed by atoms with Gasteiger partial charge < -0.3 is 14.8 Å². The van der Waals surface area contributed by atoms with Gasteiger partial charge in [-0.2, -0.15) is 0 Å². The molecule has 2 atom stereocenters. The van der Waals surface area contributed by atoms with Crippen LogP contribution in [0.2, 0.25) is 0 Å². The van der Waals surface area contributed by atoms with Gasteiger partial charge in [0.15, 0.2) is 0 Å². The molecule has 1 aromatic rings. The number of rotatable bonds is 2. The highest BCUT2D eigenvalue weighted by Crippen LogP contribution is 2.26. The Hall–Kier alpha value is -1.43. The summed E-state index contributed by atoms with van der Waals surface area (Å²) in [5, 5.41) is 11.5. The second-order valence-corrected chi connectivity index (χ2v) is 5.93. The van der Waals surface area contributed by atoms with E-state index >= 15 is 0 Å². The molecule has 6 heteroatoms. The molecule has 0 saturated carbocycles. The summed E-state index contributed by atoms with van der Waals surface area (Å²) in [5.74, 6) is 1.60. The van der Waals surface area contributed by atoms with E-state index in [0.717, 1.165) is 51.1 Å². The van der Waals surface area contributed by atoms with Crippen molar-refractivity contribution in [2.24, 2.45) is 7.05 Å². The van der Waals surface area contributed by atoms with E-state index in [-0.39, 0.29) is 11.9 Å². The smallest absolute Gasteiger partial charge is 0.239 e. The highest BCUT2D eigenvalue weighted by molar-refractivity contribution is 5.82. The minimum atomic E-state index is 0.0296. The van der Waals surface area contributed by atoms with E-state index in [2.05, 4.69) is 15.5 Å². The lowest BCUT2D eigenvalue weighted by atomic mass is 9.95. The maximum atomic E-state index is 12.6. The second kappa shape index (κ2) is 5.91. The minimum Gasteiger partial charge on any atom is -0.341 e. The average Bonchev–Trinajstić information content (AvgIpc) is 2.94. The third-order valence-electron chi connectivity index (χ3n) is 4.45. The normalized spacial score (nSPS) is 27.6. The standard InChI is InChI=1S/C14H23N5O/c1-18-10-16-17-13(18)11-5-4-8-19(9-11)14(20)12-6-2-3-7-15-12/h10-12,15H,2-9H2,1H3. The highest BCUT2D eigenvalue weighted by Gasteiger charge is 2.31. The fourth-order valence-corrected chi connectivity index (χ4v) is 3.33. The van der Waals surface area contributed by atoms with Crippen LogP contribution in [0, 0.1) is 0 Å². The number of nitrogens with one attached hydrogen (secondary N) is 1. The van der Waals surface area contributed by atoms with Gasteiger partial charge in [0.25, 0.3) is 0 Å². The number of aryl methyl sites for hydroxylation is 1. The summed E-state index contributed by atoms with van der Waals surface area (Å²) < 4.78 is 1.97. The quantitative estimate of drug-likeness (QED) is 0.863. The number of carbonyl (C=O) groups is 1. The van der Waals surface area contributed by atoms with Crippen LogP contribution < -0.4 is 5.32 Å². The molecule has 0 aromatic carbocycles. The van der Waals surface area contributed by atoms with Gasteiger partial charge in [-0.15, -0.1) is 10.2 Å². The SMILES string of the molecule is Cn1cnnc1C1CCCN(C(=O)C2CCCCN2)C1. The molecule has 3 rings (SSSR count). The van der Waals surface area contributed by atoms with E-state index in [0.29, 0.717) is 5.92 Å². The zero-order valence-electron chi connectivity index (χ0n) is 12.1. The molecule has 0 bridgehead atoms. The monoisotopic (exact) mass is 277 g/mol. The molecule has 20 heavy (non-hydrogen) atoms. The van der Waals surface area contributed by atoms with Crippen molar-refractivity contribution in [2.45, 2.75) is 44.1 Å². The van der Waals surface area contributed by atoms with Crippen LogP contribution >= 0.6 is 0 Å². The minimum absolute atomic E-state index is 0.0296. The molecule has 2 fully saturated rings. The third kappa shape index (κ3) is 2.70. The van der Waals surface area contributed by atoms with Gasteiger partial charge in [-0.05, 0) is 32.2 Å².